The van der Waals surface area contributed by atoms with Crippen LogP contribution in [0.25, 0.3) is 0 Å². The van der Waals surface area contributed by atoms with E-state index in [1.165, 1.54) is 17.9 Å². The molecule has 3 N–H and O–H groups in total. The summed E-state index contributed by atoms with van der Waals surface area (Å²) < 4.78 is 26.1. The number of carbonyl (C=O) groups excluding carboxylic acids is 3. The molecule has 1 heterocycles. The van der Waals surface area contributed by atoms with Crippen molar-refractivity contribution >= 4 is 42.5 Å². The number of nitro benzene ring substituents is 1. The molecule has 0 spiro atoms. The van der Waals surface area contributed by atoms with Crippen molar-refractivity contribution in [2.24, 2.45) is 0 Å². The lowest BCUT2D eigenvalue weighted by atomic mass is 10.0. The van der Waals surface area contributed by atoms with Crippen LogP contribution in [0.3, 0.4) is 0 Å². The molecule has 0 aliphatic carbocycles. The summed E-state index contributed by atoms with van der Waals surface area (Å²) in [5.74, 6) is -0.387. The number of nitrogens with one attached hydrogen (secondary N) is 1. The molecule has 1 aliphatic heterocycles. The van der Waals surface area contributed by atoms with Gasteiger partial charge in [-0.2, -0.15) is 0 Å². The van der Waals surface area contributed by atoms with Gasteiger partial charge in [0.25, 0.3) is 11.6 Å². The number of fused-ring (bicyclic) bond motifs is 1. The van der Waals surface area contributed by atoms with E-state index in [1.807, 2.05) is 0 Å². The molecule has 0 aromatic heterocycles. The van der Waals surface area contributed by atoms with Crippen LogP contribution in [0.2, 0.25) is 0 Å². The number of hydrogen-bond donors (Lipinski definition) is 3. The molecule has 0 unspecified atom stereocenters. The number of rotatable bonds is 12. The minimum Gasteiger partial charge on any atom is -0.491 e. The molecule has 15 heteroatoms. The zero-order chi connectivity index (χ0) is 31.3. The lowest BCUT2D eigenvalue weighted by molar-refractivity contribution is -0.384. The first-order chi connectivity index (χ1) is 20.3. The Bertz CT molecular complexity index is 1600. The summed E-state index contributed by atoms with van der Waals surface area (Å²) in [6.45, 7) is 2.46. The molecule has 0 saturated heterocycles. The van der Waals surface area contributed by atoms with E-state index in [4.69, 9.17) is 19.3 Å². The molecule has 1 aliphatic rings. The zero-order valence-corrected chi connectivity index (χ0v) is 24.0. The number of carbonyl (C=O) groups is 3. The molecule has 3 aromatic carbocycles. The Labute approximate surface area is 245 Å². The predicted octanol–water partition coefficient (Wildman–Crippen LogP) is 3.55. The predicted molar refractivity (Wildman–Crippen MR) is 153 cm³/mol. The SMILES string of the molecule is CC(=O)N1CCc2c(OCC(=O)Nc3ccc(C(=O)c4ccc(OCCOP(=O)(O)O)cc4)cc3)c(C)cc([N+](=O)[O-])c21. The van der Waals surface area contributed by atoms with Crippen LogP contribution in [-0.2, 0) is 25.1 Å². The number of ketones is 1. The Hall–Kier alpha value is -4.62. The number of ether oxygens (including phenoxy) is 2. The molecule has 43 heavy (non-hydrogen) atoms. The van der Waals surface area contributed by atoms with E-state index >= 15 is 0 Å². The number of phosphoric ester groups is 1. The summed E-state index contributed by atoms with van der Waals surface area (Å²) in [6, 6.07) is 13.7. The number of aryl methyl sites for hydroxylation is 1. The molecular formula is C28H28N3O11P. The summed E-state index contributed by atoms with van der Waals surface area (Å²) in [5.41, 5.74) is 2.13. The van der Waals surface area contributed by atoms with Crippen LogP contribution in [0.1, 0.15) is 34.0 Å². The number of amides is 2. The summed E-state index contributed by atoms with van der Waals surface area (Å²) in [6.07, 6.45) is 0.355. The minimum atomic E-state index is -4.57. The highest BCUT2D eigenvalue weighted by Gasteiger charge is 2.34. The van der Waals surface area contributed by atoms with Gasteiger partial charge in [-0.1, -0.05) is 0 Å². The number of nitrogens with zero attached hydrogens (tertiary/aromatic N) is 2. The maximum absolute atomic E-state index is 12.9. The second kappa shape index (κ2) is 13.1. The van der Waals surface area contributed by atoms with Gasteiger partial charge in [-0.3, -0.25) is 29.0 Å². The summed E-state index contributed by atoms with van der Waals surface area (Å²) in [4.78, 5) is 67.2. The van der Waals surface area contributed by atoms with E-state index in [0.29, 0.717) is 45.9 Å². The Morgan fingerprint density at radius 1 is 1.02 bits per heavy atom. The fraction of sp³-hybridized carbons (Fsp3) is 0.250. The lowest BCUT2D eigenvalue weighted by Gasteiger charge is -2.17. The minimum absolute atomic E-state index is 0.0925. The Morgan fingerprint density at radius 3 is 2.23 bits per heavy atom. The van der Waals surface area contributed by atoms with E-state index in [-0.39, 0.29) is 49.4 Å². The van der Waals surface area contributed by atoms with Gasteiger partial charge in [-0.15, -0.1) is 0 Å². The molecule has 2 amide bonds. The maximum atomic E-state index is 12.9. The fourth-order valence-electron chi connectivity index (χ4n) is 4.59. The van der Waals surface area contributed by atoms with Crippen molar-refractivity contribution in [3.05, 3.63) is 87.0 Å². The van der Waals surface area contributed by atoms with Gasteiger partial charge < -0.3 is 29.5 Å². The number of benzene rings is 3. The first-order valence-electron chi connectivity index (χ1n) is 12.9. The lowest BCUT2D eigenvalue weighted by Crippen LogP contribution is -2.26. The zero-order valence-electron chi connectivity index (χ0n) is 23.1. The molecule has 0 bridgehead atoms. The van der Waals surface area contributed by atoms with Crippen LogP contribution >= 0.6 is 7.82 Å². The van der Waals surface area contributed by atoms with Crippen molar-refractivity contribution in [2.45, 2.75) is 20.3 Å². The van der Waals surface area contributed by atoms with Gasteiger partial charge >= 0.3 is 7.82 Å². The summed E-state index contributed by atoms with van der Waals surface area (Å²) in [5, 5.41) is 14.3. The van der Waals surface area contributed by atoms with Gasteiger partial charge in [0.2, 0.25) is 5.91 Å². The fourth-order valence-corrected chi connectivity index (χ4v) is 4.90. The monoisotopic (exact) mass is 613 g/mol. The number of anilines is 2. The number of phosphoric acid groups is 1. The van der Waals surface area contributed by atoms with Crippen LogP contribution in [0, 0.1) is 17.0 Å². The quantitative estimate of drug-likeness (QED) is 0.0889. The van der Waals surface area contributed by atoms with Crippen molar-refractivity contribution < 1.29 is 47.7 Å². The van der Waals surface area contributed by atoms with Gasteiger partial charge in [0.05, 0.1) is 11.5 Å². The Kier molecular flexibility index (Phi) is 9.56. The number of hydrogen-bond acceptors (Lipinski definition) is 9. The molecule has 0 saturated carbocycles. The van der Waals surface area contributed by atoms with Crippen LogP contribution < -0.4 is 19.7 Å². The maximum Gasteiger partial charge on any atom is 0.469 e. The van der Waals surface area contributed by atoms with E-state index < -0.39 is 18.7 Å². The second-order valence-electron chi connectivity index (χ2n) is 9.49. The van der Waals surface area contributed by atoms with Gasteiger partial charge in [0.15, 0.2) is 12.4 Å². The van der Waals surface area contributed by atoms with E-state index in [1.54, 1.807) is 55.5 Å². The van der Waals surface area contributed by atoms with Gasteiger partial charge in [-0.25, -0.2) is 4.57 Å². The van der Waals surface area contributed by atoms with Crippen molar-refractivity contribution in [1.82, 2.24) is 0 Å². The average Bonchev–Trinajstić information content (AvgIpc) is 3.40. The van der Waals surface area contributed by atoms with Crippen molar-refractivity contribution in [2.75, 3.05) is 36.6 Å². The highest BCUT2D eigenvalue weighted by atomic mass is 31.2. The molecule has 0 atom stereocenters. The van der Waals surface area contributed by atoms with Crippen molar-refractivity contribution in [1.29, 1.82) is 0 Å². The van der Waals surface area contributed by atoms with Crippen LogP contribution in [0.4, 0.5) is 17.1 Å². The normalized spacial score (nSPS) is 12.4. The van der Waals surface area contributed by atoms with Gasteiger partial charge in [-0.05, 0) is 67.4 Å². The van der Waals surface area contributed by atoms with Crippen LogP contribution in [0.15, 0.2) is 54.6 Å². The molecule has 4 rings (SSSR count). The van der Waals surface area contributed by atoms with Gasteiger partial charge in [0, 0.05) is 41.9 Å². The molecule has 14 nitrogen and oxygen atoms in total. The highest BCUT2D eigenvalue weighted by Crippen LogP contribution is 2.44. The summed E-state index contributed by atoms with van der Waals surface area (Å²) in [7, 11) is -4.57. The largest absolute Gasteiger partial charge is 0.491 e. The van der Waals surface area contributed by atoms with Crippen LogP contribution in [-0.4, -0.2) is 58.7 Å². The van der Waals surface area contributed by atoms with E-state index in [9.17, 15) is 29.1 Å². The highest BCUT2D eigenvalue weighted by molar-refractivity contribution is 7.46. The number of nitro groups is 1. The molecule has 3 aromatic rings. The third kappa shape index (κ3) is 7.81. The second-order valence-corrected chi connectivity index (χ2v) is 10.7. The van der Waals surface area contributed by atoms with E-state index in [0.717, 1.165) is 0 Å². The smallest absolute Gasteiger partial charge is 0.469 e. The first-order valence-corrected chi connectivity index (χ1v) is 14.5. The average molecular weight is 614 g/mol. The third-order valence-corrected chi connectivity index (χ3v) is 6.97. The van der Waals surface area contributed by atoms with Crippen molar-refractivity contribution in [3.63, 3.8) is 0 Å². The Balaban J connectivity index is 1.34. The standard InChI is InChI=1S/C28H28N3O11P/c1-17-15-24(31(35)36)26-23(11-12-30(26)18(2)32)28(17)41-16-25(33)29-21-7-3-19(4-8-21)27(34)20-5-9-22(10-6-20)40-13-14-42-43(37,38)39/h3-10,15H,11-14,16H2,1-2H3,(H,29,33)(H2,37,38,39). The van der Waals surface area contributed by atoms with E-state index in [2.05, 4.69) is 9.84 Å². The topological polar surface area (TPSA) is 195 Å². The summed E-state index contributed by atoms with van der Waals surface area (Å²) >= 11 is 0. The van der Waals surface area contributed by atoms with Gasteiger partial charge in [0.1, 0.15) is 23.8 Å². The van der Waals surface area contributed by atoms with Crippen molar-refractivity contribution in [3.8, 4) is 11.5 Å². The van der Waals surface area contributed by atoms with Crippen LogP contribution in [0.5, 0.6) is 11.5 Å². The third-order valence-electron chi connectivity index (χ3n) is 6.45. The first kappa shape index (κ1) is 31.3. The molecular weight excluding hydrogens is 585 g/mol. The molecule has 0 radical (unpaired) electrons. The molecule has 226 valence electrons. The molecule has 0 fully saturated rings. The Morgan fingerprint density at radius 2 is 1.65 bits per heavy atom.